The second-order valence-electron chi connectivity index (χ2n) is 2.55. The minimum atomic E-state index is -1.38. The van der Waals surface area contributed by atoms with E-state index in [1.54, 1.807) is 7.11 Å². The van der Waals surface area contributed by atoms with Crippen molar-refractivity contribution < 1.29 is 13.6 Å². The maximum atomic E-state index is 5.36. The van der Waals surface area contributed by atoms with Gasteiger partial charge in [0.1, 0.15) is 12.2 Å². The first kappa shape index (κ1) is 8.41. The SMILES string of the molecule is CO[PH+]1O[C@H](C)C[C@H](C)O1. The largest absolute Gasteiger partial charge is 0.398 e. The van der Waals surface area contributed by atoms with Gasteiger partial charge in [-0.3, -0.25) is 0 Å². The monoisotopic (exact) mass is 165 g/mol. The quantitative estimate of drug-likeness (QED) is 0.554. The molecule has 0 saturated carbocycles. The molecule has 10 heavy (non-hydrogen) atoms. The Hall–Kier alpha value is 0.310. The van der Waals surface area contributed by atoms with Crippen LogP contribution in [-0.4, -0.2) is 19.3 Å². The Balaban J connectivity index is 2.35. The fourth-order valence-corrected chi connectivity index (χ4v) is 2.11. The van der Waals surface area contributed by atoms with Crippen molar-refractivity contribution in [2.45, 2.75) is 32.5 Å². The van der Waals surface area contributed by atoms with Crippen molar-refractivity contribution in [2.75, 3.05) is 7.11 Å². The normalized spacial score (nSPS) is 41.7. The van der Waals surface area contributed by atoms with Gasteiger partial charge in [-0.25, -0.2) is 0 Å². The van der Waals surface area contributed by atoms with Gasteiger partial charge < -0.3 is 0 Å². The molecule has 0 aliphatic carbocycles. The molecule has 0 aromatic carbocycles. The highest BCUT2D eigenvalue weighted by atomic mass is 31.2. The lowest BCUT2D eigenvalue weighted by molar-refractivity contribution is 0.0394. The van der Waals surface area contributed by atoms with Gasteiger partial charge in [0.25, 0.3) is 0 Å². The van der Waals surface area contributed by atoms with E-state index in [1.165, 1.54) is 0 Å². The molecule has 0 aromatic rings. The standard InChI is InChI=1S/C6H14O3P/c1-5-4-6(2)9-10(7-3)8-5/h5-6,10H,4H2,1-3H3/q+1/t5-,6+. The zero-order valence-corrected chi connectivity index (χ0v) is 7.59. The first-order valence-electron chi connectivity index (χ1n) is 3.46. The molecule has 1 aliphatic rings. The van der Waals surface area contributed by atoms with Crippen molar-refractivity contribution in [3.05, 3.63) is 0 Å². The molecule has 0 amide bonds. The van der Waals surface area contributed by atoms with Gasteiger partial charge in [0, 0.05) is 6.42 Å². The van der Waals surface area contributed by atoms with Crippen molar-refractivity contribution in [3.63, 3.8) is 0 Å². The van der Waals surface area contributed by atoms with Crippen molar-refractivity contribution in [3.8, 4) is 0 Å². The zero-order chi connectivity index (χ0) is 7.56. The van der Waals surface area contributed by atoms with Crippen LogP contribution < -0.4 is 0 Å². The van der Waals surface area contributed by atoms with E-state index in [2.05, 4.69) is 0 Å². The smallest absolute Gasteiger partial charge is 0.183 e. The van der Waals surface area contributed by atoms with Gasteiger partial charge in [0.2, 0.25) is 0 Å². The van der Waals surface area contributed by atoms with Crippen LogP contribution >= 0.6 is 8.60 Å². The molecule has 1 saturated heterocycles. The van der Waals surface area contributed by atoms with Crippen molar-refractivity contribution in [1.29, 1.82) is 0 Å². The maximum Gasteiger partial charge on any atom is 0.398 e. The van der Waals surface area contributed by atoms with E-state index in [1.807, 2.05) is 13.8 Å². The highest BCUT2D eigenvalue weighted by Crippen LogP contribution is 2.46. The van der Waals surface area contributed by atoms with Gasteiger partial charge in [-0.2, -0.15) is 13.6 Å². The second kappa shape index (κ2) is 3.63. The summed E-state index contributed by atoms with van der Waals surface area (Å²) in [4.78, 5) is 0. The highest BCUT2D eigenvalue weighted by Gasteiger charge is 2.32. The lowest BCUT2D eigenvalue weighted by Gasteiger charge is -2.21. The van der Waals surface area contributed by atoms with Crippen LogP contribution in [-0.2, 0) is 13.6 Å². The Bertz CT molecular complexity index is 99.2. The average molecular weight is 165 g/mol. The summed E-state index contributed by atoms with van der Waals surface area (Å²) < 4.78 is 15.7. The van der Waals surface area contributed by atoms with Gasteiger partial charge in [-0.15, -0.1) is 0 Å². The number of hydrogen-bond donors (Lipinski definition) is 0. The topological polar surface area (TPSA) is 27.7 Å². The molecule has 1 heterocycles. The summed E-state index contributed by atoms with van der Waals surface area (Å²) in [6, 6.07) is 0. The molecular formula is C6H14O3P+. The Kier molecular flexibility index (Phi) is 3.05. The van der Waals surface area contributed by atoms with Crippen molar-refractivity contribution in [2.24, 2.45) is 0 Å². The average Bonchev–Trinajstić information content (AvgIpc) is 1.85. The van der Waals surface area contributed by atoms with E-state index < -0.39 is 8.60 Å². The molecule has 0 spiro atoms. The van der Waals surface area contributed by atoms with E-state index in [9.17, 15) is 0 Å². The molecule has 3 atom stereocenters. The molecule has 0 N–H and O–H groups in total. The lowest BCUT2D eigenvalue weighted by Crippen LogP contribution is -2.22. The Morgan fingerprint density at radius 2 is 1.80 bits per heavy atom. The Morgan fingerprint density at radius 1 is 1.30 bits per heavy atom. The second-order valence-corrected chi connectivity index (χ2v) is 3.93. The van der Waals surface area contributed by atoms with Crippen LogP contribution in [0.3, 0.4) is 0 Å². The van der Waals surface area contributed by atoms with Crippen LogP contribution in [0, 0.1) is 0 Å². The molecule has 1 fully saturated rings. The van der Waals surface area contributed by atoms with E-state index in [0.29, 0.717) is 0 Å². The van der Waals surface area contributed by atoms with Gasteiger partial charge in [0.05, 0.1) is 7.11 Å². The third-order valence-corrected chi connectivity index (χ3v) is 2.95. The Labute approximate surface area is 62.7 Å². The van der Waals surface area contributed by atoms with E-state index in [4.69, 9.17) is 13.6 Å². The molecule has 1 aliphatic heterocycles. The molecule has 0 radical (unpaired) electrons. The van der Waals surface area contributed by atoms with E-state index in [0.717, 1.165) is 6.42 Å². The summed E-state index contributed by atoms with van der Waals surface area (Å²) in [6.45, 7) is 4.09. The van der Waals surface area contributed by atoms with Crippen LogP contribution in [0.15, 0.2) is 0 Å². The first-order chi connectivity index (χ1) is 4.72. The maximum absolute atomic E-state index is 5.36. The van der Waals surface area contributed by atoms with Crippen LogP contribution in [0.1, 0.15) is 20.3 Å². The van der Waals surface area contributed by atoms with Gasteiger partial charge in [0.15, 0.2) is 0 Å². The molecule has 60 valence electrons. The van der Waals surface area contributed by atoms with Gasteiger partial charge >= 0.3 is 8.60 Å². The van der Waals surface area contributed by atoms with Crippen LogP contribution in [0.5, 0.6) is 0 Å². The van der Waals surface area contributed by atoms with Crippen LogP contribution in [0.2, 0.25) is 0 Å². The van der Waals surface area contributed by atoms with Gasteiger partial charge in [-0.05, 0) is 13.8 Å². The molecule has 4 heteroatoms. The summed E-state index contributed by atoms with van der Waals surface area (Å²) in [5.74, 6) is 0. The third kappa shape index (κ3) is 2.17. The third-order valence-electron chi connectivity index (χ3n) is 1.43. The zero-order valence-electron chi connectivity index (χ0n) is 6.59. The molecule has 1 unspecified atom stereocenters. The highest BCUT2D eigenvalue weighted by molar-refractivity contribution is 7.41. The van der Waals surface area contributed by atoms with E-state index >= 15 is 0 Å². The molecule has 3 nitrogen and oxygen atoms in total. The summed E-state index contributed by atoms with van der Waals surface area (Å²) >= 11 is 0. The molecular weight excluding hydrogens is 151 g/mol. The number of rotatable bonds is 1. The van der Waals surface area contributed by atoms with Crippen LogP contribution in [0.4, 0.5) is 0 Å². The van der Waals surface area contributed by atoms with Crippen molar-refractivity contribution in [1.82, 2.24) is 0 Å². The van der Waals surface area contributed by atoms with Crippen molar-refractivity contribution >= 4 is 8.60 Å². The number of hydrogen-bond acceptors (Lipinski definition) is 3. The summed E-state index contributed by atoms with van der Waals surface area (Å²) in [7, 11) is 0.239. The molecule has 1 rings (SSSR count). The minimum absolute atomic E-state index is 0.289. The fraction of sp³-hybridized carbons (Fsp3) is 1.00. The summed E-state index contributed by atoms with van der Waals surface area (Å²) in [5.41, 5.74) is 0. The Morgan fingerprint density at radius 3 is 2.20 bits per heavy atom. The predicted molar refractivity (Wildman–Crippen MR) is 41.0 cm³/mol. The summed E-state index contributed by atoms with van der Waals surface area (Å²) in [6.07, 6.45) is 1.55. The molecule has 0 aromatic heterocycles. The van der Waals surface area contributed by atoms with Crippen LogP contribution in [0.25, 0.3) is 0 Å². The molecule has 0 bridgehead atoms. The fourth-order valence-electron chi connectivity index (χ4n) is 1.02. The van der Waals surface area contributed by atoms with Gasteiger partial charge in [-0.1, -0.05) is 0 Å². The van der Waals surface area contributed by atoms with E-state index in [-0.39, 0.29) is 12.2 Å². The summed E-state index contributed by atoms with van der Waals surface area (Å²) in [5, 5.41) is 0. The lowest BCUT2D eigenvalue weighted by atomic mass is 10.2. The minimum Gasteiger partial charge on any atom is -0.183 e. The first-order valence-corrected chi connectivity index (χ1v) is 4.69. The predicted octanol–water partition coefficient (Wildman–Crippen LogP) is 1.81.